The minimum absolute atomic E-state index is 0.164. The highest BCUT2D eigenvalue weighted by Gasteiger charge is 2.61. The Morgan fingerprint density at radius 1 is 1.57 bits per heavy atom. The van der Waals surface area contributed by atoms with Gasteiger partial charge in [0.05, 0.1) is 11.5 Å². The summed E-state index contributed by atoms with van der Waals surface area (Å²) < 4.78 is 0. The third kappa shape index (κ3) is 1.12. The molecular weight excluding hydrogens is 172 g/mol. The Bertz CT molecular complexity index is 289. The molecule has 2 aliphatic rings. The molecule has 2 fully saturated rings. The lowest BCUT2D eigenvalue weighted by Gasteiger charge is -2.69. The second kappa shape index (κ2) is 2.73. The zero-order chi connectivity index (χ0) is 10.6. The van der Waals surface area contributed by atoms with Gasteiger partial charge in [-0.3, -0.25) is 4.90 Å². The van der Waals surface area contributed by atoms with Crippen molar-refractivity contribution in [1.29, 1.82) is 5.26 Å². The summed E-state index contributed by atoms with van der Waals surface area (Å²) in [5, 5.41) is 9.03. The van der Waals surface area contributed by atoms with Crippen molar-refractivity contribution in [3.05, 3.63) is 0 Å². The third-order valence-electron chi connectivity index (χ3n) is 4.47. The quantitative estimate of drug-likeness (QED) is 0.672. The molecule has 0 aromatic carbocycles. The lowest BCUT2D eigenvalue weighted by molar-refractivity contribution is -0.189. The maximum Gasteiger partial charge on any atom is 0.0684 e. The minimum Gasteiger partial charge on any atom is -0.299 e. The van der Waals surface area contributed by atoms with E-state index in [0.29, 0.717) is 11.5 Å². The van der Waals surface area contributed by atoms with Gasteiger partial charge in [-0.15, -0.1) is 0 Å². The van der Waals surface area contributed by atoms with Crippen LogP contribution >= 0.6 is 0 Å². The molecule has 2 heteroatoms. The molecule has 1 heterocycles. The molecule has 0 aromatic heterocycles. The minimum atomic E-state index is -0.164. The first-order valence-corrected chi connectivity index (χ1v) is 5.54. The fourth-order valence-corrected chi connectivity index (χ4v) is 3.29. The normalized spacial score (nSPS) is 41.9. The lowest BCUT2D eigenvalue weighted by atomic mass is 9.51. The van der Waals surface area contributed by atoms with Crippen LogP contribution in [-0.4, -0.2) is 24.0 Å². The number of hydrogen-bond donors (Lipinski definition) is 0. The smallest absolute Gasteiger partial charge is 0.0684 e. The van der Waals surface area contributed by atoms with E-state index in [1.165, 1.54) is 12.8 Å². The van der Waals surface area contributed by atoms with Crippen LogP contribution in [0.2, 0.25) is 0 Å². The van der Waals surface area contributed by atoms with E-state index in [2.05, 4.69) is 38.8 Å². The Kier molecular flexibility index (Phi) is 1.95. The number of rotatable bonds is 2. The Balaban J connectivity index is 2.04. The molecule has 0 aromatic rings. The summed E-state index contributed by atoms with van der Waals surface area (Å²) in [6.07, 6.45) is 3.73. The summed E-state index contributed by atoms with van der Waals surface area (Å²) >= 11 is 0. The highest BCUT2D eigenvalue weighted by atomic mass is 15.3. The van der Waals surface area contributed by atoms with Crippen molar-refractivity contribution in [2.24, 2.45) is 10.8 Å². The van der Waals surface area contributed by atoms with Crippen LogP contribution in [0.1, 0.15) is 40.0 Å². The molecule has 1 saturated heterocycles. The van der Waals surface area contributed by atoms with E-state index in [9.17, 15) is 0 Å². The molecule has 2 rings (SSSR count). The second-order valence-electron chi connectivity index (χ2n) is 5.94. The monoisotopic (exact) mass is 192 g/mol. The molecule has 1 saturated carbocycles. The second-order valence-corrected chi connectivity index (χ2v) is 5.94. The first kappa shape index (κ1) is 9.98. The number of fused-ring (bicyclic) bond motifs is 1. The largest absolute Gasteiger partial charge is 0.299 e. The van der Waals surface area contributed by atoms with Gasteiger partial charge in [0.25, 0.3) is 0 Å². The van der Waals surface area contributed by atoms with E-state index < -0.39 is 0 Å². The number of piperidine rings is 1. The SMILES string of the molecule is CN1C2CCC2(C)C1CC(C)(C)C#N. The van der Waals surface area contributed by atoms with Crippen molar-refractivity contribution in [3.63, 3.8) is 0 Å². The van der Waals surface area contributed by atoms with Crippen molar-refractivity contribution >= 4 is 0 Å². The predicted molar refractivity (Wildman–Crippen MR) is 56.7 cm³/mol. The van der Waals surface area contributed by atoms with E-state index in [4.69, 9.17) is 5.26 Å². The molecule has 0 N–H and O–H groups in total. The number of likely N-dealkylation sites (tertiary alicyclic amines) is 1. The highest BCUT2D eigenvalue weighted by molar-refractivity contribution is 5.16. The van der Waals surface area contributed by atoms with Crippen LogP contribution in [0.25, 0.3) is 0 Å². The number of nitriles is 1. The van der Waals surface area contributed by atoms with Crippen LogP contribution in [0.4, 0.5) is 0 Å². The van der Waals surface area contributed by atoms with E-state index in [1.807, 2.05) is 0 Å². The standard InChI is InChI=1S/C12H20N2/c1-11(2,8-13)7-10-12(3)6-5-9(12)14(10)4/h9-10H,5-7H2,1-4H3. The van der Waals surface area contributed by atoms with Gasteiger partial charge in [0.15, 0.2) is 0 Å². The molecule has 1 aliphatic carbocycles. The van der Waals surface area contributed by atoms with Crippen LogP contribution in [0, 0.1) is 22.2 Å². The van der Waals surface area contributed by atoms with Crippen LogP contribution in [0.5, 0.6) is 0 Å². The molecule has 1 aliphatic heterocycles. The maximum absolute atomic E-state index is 9.03. The third-order valence-corrected chi connectivity index (χ3v) is 4.47. The van der Waals surface area contributed by atoms with Crippen LogP contribution in [0.3, 0.4) is 0 Å². The Hall–Kier alpha value is -0.550. The number of nitrogens with zero attached hydrogens (tertiary/aromatic N) is 2. The van der Waals surface area contributed by atoms with Crippen molar-refractivity contribution in [2.45, 2.75) is 52.1 Å². The summed E-state index contributed by atoms with van der Waals surface area (Å²) in [5.74, 6) is 0. The molecule has 2 nitrogen and oxygen atoms in total. The molecule has 0 radical (unpaired) electrons. The first-order valence-electron chi connectivity index (χ1n) is 5.54. The maximum atomic E-state index is 9.03. The zero-order valence-electron chi connectivity index (χ0n) is 9.67. The molecule has 0 bridgehead atoms. The summed E-state index contributed by atoms with van der Waals surface area (Å²) in [6.45, 7) is 6.49. The fourth-order valence-electron chi connectivity index (χ4n) is 3.29. The highest BCUT2D eigenvalue weighted by Crippen LogP contribution is 2.58. The van der Waals surface area contributed by atoms with Gasteiger partial charge >= 0.3 is 0 Å². The van der Waals surface area contributed by atoms with Crippen LogP contribution in [0.15, 0.2) is 0 Å². The summed E-state index contributed by atoms with van der Waals surface area (Å²) in [7, 11) is 2.21. The predicted octanol–water partition coefficient (Wildman–Crippen LogP) is 2.41. The lowest BCUT2D eigenvalue weighted by Crippen LogP contribution is -2.74. The van der Waals surface area contributed by atoms with Crippen molar-refractivity contribution in [1.82, 2.24) is 4.90 Å². The molecule has 0 spiro atoms. The Morgan fingerprint density at radius 3 is 2.57 bits per heavy atom. The molecule has 3 atom stereocenters. The average molecular weight is 192 g/mol. The van der Waals surface area contributed by atoms with Gasteiger partial charge in [-0.05, 0) is 45.6 Å². The van der Waals surface area contributed by atoms with Crippen molar-refractivity contribution in [3.8, 4) is 6.07 Å². The Labute approximate surface area is 86.9 Å². The van der Waals surface area contributed by atoms with Gasteiger partial charge in [-0.2, -0.15) is 5.26 Å². The van der Waals surface area contributed by atoms with Gasteiger partial charge in [-0.1, -0.05) is 6.92 Å². The average Bonchev–Trinajstić information content (AvgIpc) is 2.11. The fraction of sp³-hybridized carbons (Fsp3) is 0.917. The first-order chi connectivity index (χ1) is 6.41. The van der Waals surface area contributed by atoms with Gasteiger partial charge in [0.1, 0.15) is 0 Å². The summed E-state index contributed by atoms with van der Waals surface area (Å²) in [4.78, 5) is 2.47. The van der Waals surface area contributed by atoms with Crippen LogP contribution < -0.4 is 0 Å². The van der Waals surface area contributed by atoms with Gasteiger partial charge in [0, 0.05) is 12.1 Å². The van der Waals surface area contributed by atoms with Gasteiger partial charge in [0.2, 0.25) is 0 Å². The Morgan fingerprint density at radius 2 is 2.21 bits per heavy atom. The van der Waals surface area contributed by atoms with Crippen LogP contribution in [-0.2, 0) is 0 Å². The van der Waals surface area contributed by atoms with Crippen molar-refractivity contribution in [2.75, 3.05) is 7.05 Å². The molecule has 14 heavy (non-hydrogen) atoms. The van der Waals surface area contributed by atoms with Crippen molar-refractivity contribution < 1.29 is 0 Å². The molecule has 3 unspecified atom stereocenters. The number of hydrogen-bond acceptors (Lipinski definition) is 2. The topological polar surface area (TPSA) is 27.0 Å². The van der Waals surface area contributed by atoms with E-state index in [-0.39, 0.29) is 5.41 Å². The molecule has 0 amide bonds. The van der Waals surface area contributed by atoms with Gasteiger partial charge in [-0.25, -0.2) is 0 Å². The van der Waals surface area contributed by atoms with E-state index >= 15 is 0 Å². The molecule has 78 valence electrons. The van der Waals surface area contributed by atoms with E-state index in [0.717, 1.165) is 12.5 Å². The zero-order valence-corrected chi connectivity index (χ0v) is 9.67. The van der Waals surface area contributed by atoms with E-state index in [1.54, 1.807) is 0 Å². The summed E-state index contributed by atoms with van der Waals surface area (Å²) in [6, 6.07) is 3.85. The molecular formula is C12H20N2. The summed E-state index contributed by atoms with van der Waals surface area (Å²) in [5.41, 5.74) is 0.366. The van der Waals surface area contributed by atoms with Gasteiger partial charge < -0.3 is 0 Å².